The lowest BCUT2D eigenvalue weighted by Crippen LogP contribution is -2.41. The minimum atomic E-state index is 0.753. The van der Waals surface area contributed by atoms with E-state index < -0.39 is 0 Å². The van der Waals surface area contributed by atoms with Crippen molar-refractivity contribution in [3.05, 3.63) is 34.9 Å². The Bertz CT molecular complexity index is 394. The van der Waals surface area contributed by atoms with Gasteiger partial charge in [-0.1, -0.05) is 37.1 Å². The molecule has 2 fully saturated rings. The SMILES string of the molecule is CCCC1CC1NC1CC(c2ccc(Cl)cc2)C1. The highest BCUT2D eigenvalue weighted by Gasteiger charge is 2.40. The minimum absolute atomic E-state index is 0.753. The Morgan fingerprint density at radius 1 is 1.17 bits per heavy atom. The molecule has 2 heteroatoms. The van der Waals surface area contributed by atoms with Gasteiger partial charge in [0.25, 0.3) is 0 Å². The van der Waals surface area contributed by atoms with Crippen molar-refractivity contribution in [3.63, 3.8) is 0 Å². The van der Waals surface area contributed by atoms with Crippen LogP contribution in [0.3, 0.4) is 0 Å². The molecule has 98 valence electrons. The fraction of sp³-hybridized carbons (Fsp3) is 0.625. The van der Waals surface area contributed by atoms with Crippen LogP contribution < -0.4 is 5.32 Å². The van der Waals surface area contributed by atoms with Gasteiger partial charge in [-0.05, 0) is 55.2 Å². The molecule has 0 heterocycles. The van der Waals surface area contributed by atoms with Crippen LogP contribution in [0, 0.1) is 5.92 Å². The van der Waals surface area contributed by atoms with Gasteiger partial charge < -0.3 is 5.32 Å². The first-order valence-corrected chi connectivity index (χ1v) is 7.65. The molecule has 0 aromatic heterocycles. The maximum atomic E-state index is 5.92. The maximum Gasteiger partial charge on any atom is 0.0406 e. The molecule has 1 aromatic carbocycles. The zero-order valence-corrected chi connectivity index (χ0v) is 11.8. The fourth-order valence-electron chi connectivity index (χ4n) is 3.21. The third-order valence-corrected chi connectivity index (χ3v) is 4.76. The second kappa shape index (κ2) is 5.22. The number of nitrogens with one attached hydrogen (secondary N) is 1. The Balaban J connectivity index is 1.42. The van der Waals surface area contributed by atoms with E-state index in [9.17, 15) is 0 Å². The first-order chi connectivity index (χ1) is 8.76. The smallest absolute Gasteiger partial charge is 0.0406 e. The van der Waals surface area contributed by atoms with Crippen molar-refractivity contribution in [3.8, 4) is 0 Å². The molecule has 2 aliphatic carbocycles. The van der Waals surface area contributed by atoms with Gasteiger partial charge in [0.15, 0.2) is 0 Å². The predicted octanol–water partition coefficient (Wildman–Crippen LogP) is 4.36. The van der Waals surface area contributed by atoms with Gasteiger partial charge in [0.1, 0.15) is 0 Å². The van der Waals surface area contributed by atoms with Gasteiger partial charge in [0, 0.05) is 17.1 Å². The molecule has 2 atom stereocenters. The number of benzene rings is 1. The molecule has 1 N–H and O–H groups in total. The Hall–Kier alpha value is -0.530. The molecule has 2 saturated carbocycles. The molecule has 2 unspecified atom stereocenters. The second-order valence-corrected chi connectivity index (χ2v) is 6.41. The average molecular weight is 264 g/mol. The topological polar surface area (TPSA) is 12.0 Å². The summed E-state index contributed by atoms with van der Waals surface area (Å²) in [6, 6.07) is 9.98. The van der Waals surface area contributed by atoms with E-state index in [1.54, 1.807) is 0 Å². The van der Waals surface area contributed by atoms with Crippen LogP contribution in [-0.2, 0) is 0 Å². The summed E-state index contributed by atoms with van der Waals surface area (Å²) in [6.45, 7) is 2.29. The van der Waals surface area contributed by atoms with Gasteiger partial charge in [-0.15, -0.1) is 0 Å². The molecule has 0 aliphatic heterocycles. The van der Waals surface area contributed by atoms with E-state index in [4.69, 9.17) is 11.6 Å². The van der Waals surface area contributed by atoms with E-state index in [0.717, 1.165) is 28.9 Å². The van der Waals surface area contributed by atoms with Crippen molar-refractivity contribution in [2.45, 2.75) is 57.0 Å². The first kappa shape index (κ1) is 12.5. The van der Waals surface area contributed by atoms with E-state index in [1.165, 1.54) is 37.7 Å². The van der Waals surface area contributed by atoms with Crippen LogP contribution in [0.25, 0.3) is 0 Å². The number of hydrogen-bond acceptors (Lipinski definition) is 1. The highest BCUT2D eigenvalue weighted by molar-refractivity contribution is 6.30. The first-order valence-electron chi connectivity index (χ1n) is 7.27. The summed E-state index contributed by atoms with van der Waals surface area (Å²) in [6.07, 6.45) is 6.76. The molecule has 0 spiro atoms. The van der Waals surface area contributed by atoms with E-state index in [-0.39, 0.29) is 0 Å². The molecular weight excluding hydrogens is 242 g/mol. The van der Waals surface area contributed by atoms with Crippen LogP contribution >= 0.6 is 11.6 Å². The average Bonchev–Trinajstić information content (AvgIpc) is 3.04. The quantitative estimate of drug-likeness (QED) is 0.832. The number of rotatable bonds is 5. The number of halogens is 1. The summed E-state index contributed by atoms with van der Waals surface area (Å²) < 4.78 is 0. The monoisotopic (exact) mass is 263 g/mol. The lowest BCUT2D eigenvalue weighted by Gasteiger charge is -2.36. The van der Waals surface area contributed by atoms with E-state index >= 15 is 0 Å². The summed E-state index contributed by atoms with van der Waals surface area (Å²) in [7, 11) is 0. The Kier molecular flexibility index (Phi) is 3.63. The van der Waals surface area contributed by atoms with Crippen molar-refractivity contribution < 1.29 is 0 Å². The van der Waals surface area contributed by atoms with E-state index in [0.29, 0.717) is 0 Å². The molecule has 0 radical (unpaired) electrons. The van der Waals surface area contributed by atoms with E-state index in [1.807, 2.05) is 12.1 Å². The molecule has 1 aromatic rings. The van der Waals surface area contributed by atoms with Crippen molar-refractivity contribution in [1.82, 2.24) is 5.32 Å². The highest BCUT2D eigenvalue weighted by atomic mass is 35.5. The van der Waals surface area contributed by atoms with Crippen molar-refractivity contribution >= 4 is 11.6 Å². The summed E-state index contributed by atoms with van der Waals surface area (Å²) >= 11 is 5.92. The number of hydrogen-bond donors (Lipinski definition) is 1. The summed E-state index contributed by atoms with van der Waals surface area (Å²) in [5.74, 6) is 1.73. The minimum Gasteiger partial charge on any atom is -0.311 e. The summed E-state index contributed by atoms with van der Waals surface area (Å²) in [5.41, 5.74) is 1.46. The molecule has 18 heavy (non-hydrogen) atoms. The molecular formula is C16H22ClN. The van der Waals surface area contributed by atoms with Gasteiger partial charge in [-0.3, -0.25) is 0 Å². The Morgan fingerprint density at radius 3 is 2.56 bits per heavy atom. The highest BCUT2D eigenvalue weighted by Crippen LogP contribution is 2.41. The molecule has 0 saturated heterocycles. The molecule has 0 amide bonds. The lowest BCUT2D eigenvalue weighted by atomic mass is 9.76. The molecule has 1 nitrogen and oxygen atoms in total. The van der Waals surface area contributed by atoms with Gasteiger partial charge >= 0.3 is 0 Å². The van der Waals surface area contributed by atoms with E-state index in [2.05, 4.69) is 24.4 Å². The normalized spacial score (nSPS) is 34.1. The zero-order chi connectivity index (χ0) is 12.5. The van der Waals surface area contributed by atoms with Crippen molar-refractivity contribution in [1.29, 1.82) is 0 Å². The maximum absolute atomic E-state index is 5.92. The third-order valence-electron chi connectivity index (χ3n) is 4.51. The predicted molar refractivity (Wildman–Crippen MR) is 77.2 cm³/mol. The van der Waals surface area contributed by atoms with Crippen LogP contribution in [0.2, 0.25) is 5.02 Å². The van der Waals surface area contributed by atoms with Gasteiger partial charge in [-0.25, -0.2) is 0 Å². The molecule has 0 bridgehead atoms. The molecule has 2 aliphatic rings. The summed E-state index contributed by atoms with van der Waals surface area (Å²) in [5, 5.41) is 4.65. The van der Waals surface area contributed by atoms with Gasteiger partial charge in [-0.2, -0.15) is 0 Å². The van der Waals surface area contributed by atoms with Crippen molar-refractivity contribution in [2.75, 3.05) is 0 Å². The standard InChI is InChI=1S/C16H22ClN/c1-2-3-12-10-16(12)18-15-8-13(9-15)11-4-6-14(17)7-5-11/h4-7,12-13,15-16,18H,2-3,8-10H2,1H3. The lowest BCUT2D eigenvalue weighted by molar-refractivity contribution is 0.284. The zero-order valence-electron chi connectivity index (χ0n) is 11.0. The largest absolute Gasteiger partial charge is 0.311 e. The van der Waals surface area contributed by atoms with Gasteiger partial charge in [0.2, 0.25) is 0 Å². The summed E-state index contributed by atoms with van der Waals surface area (Å²) in [4.78, 5) is 0. The van der Waals surface area contributed by atoms with Crippen LogP contribution in [0.15, 0.2) is 24.3 Å². The Labute approximate surface area is 115 Å². The Morgan fingerprint density at radius 2 is 1.89 bits per heavy atom. The van der Waals surface area contributed by atoms with Crippen molar-refractivity contribution in [2.24, 2.45) is 5.92 Å². The van der Waals surface area contributed by atoms with Crippen LogP contribution in [0.4, 0.5) is 0 Å². The van der Waals surface area contributed by atoms with Crippen LogP contribution in [0.5, 0.6) is 0 Å². The third kappa shape index (κ3) is 2.73. The van der Waals surface area contributed by atoms with Gasteiger partial charge in [0.05, 0.1) is 0 Å². The molecule has 3 rings (SSSR count). The van der Waals surface area contributed by atoms with Crippen LogP contribution in [-0.4, -0.2) is 12.1 Å². The second-order valence-electron chi connectivity index (χ2n) is 5.97. The van der Waals surface area contributed by atoms with Crippen LogP contribution in [0.1, 0.15) is 50.5 Å². The fourth-order valence-corrected chi connectivity index (χ4v) is 3.33.